The Balaban J connectivity index is 2.10. The molecule has 1 aromatic carbocycles. The third-order valence-electron chi connectivity index (χ3n) is 3.72. The van der Waals surface area contributed by atoms with Crippen molar-refractivity contribution in [3.05, 3.63) is 35.4 Å². The fourth-order valence-electron chi connectivity index (χ4n) is 2.44. The van der Waals surface area contributed by atoms with Gasteiger partial charge in [0.25, 0.3) is 5.91 Å². The van der Waals surface area contributed by atoms with Gasteiger partial charge in [-0.1, -0.05) is 0 Å². The summed E-state index contributed by atoms with van der Waals surface area (Å²) >= 11 is 0. The first-order valence-corrected chi connectivity index (χ1v) is 7.48. The highest BCUT2D eigenvalue weighted by atomic mass is 19.2. The van der Waals surface area contributed by atoms with Crippen molar-refractivity contribution in [1.82, 2.24) is 9.80 Å². The van der Waals surface area contributed by atoms with Crippen molar-refractivity contribution in [1.29, 1.82) is 0 Å². The third-order valence-corrected chi connectivity index (χ3v) is 3.72. The molecule has 0 saturated carbocycles. The van der Waals surface area contributed by atoms with E-state index in [-0.39, 0.29) is 17.6 Å². The molecular formula is C16H22F2N2O2. The summed E-state index contributed by atoms with van der Waals surface area (Å²) in [5.41, 5.74) is 0.163. The molecule has 2 rings (SSSR count). The van der Waals surface area contributed by atoms with E-state index in [1.807, 2.05) is 19.0 Å². The molecule has 1 saturated heterocycles. The van der Waals surface area contributed by atoms with E-state index in [2.05, 4.69) is 0 Å². The molecule has 4 nitrogen and oxygen atoms in total. The monoisotopic (exact) mass is 312 g/mol. The standard InChI is InChI=1S/C16H22F2N2O2/c1-19(2)7-8-20(11-13-4-3-9-22-13)16(21)12-5-6-14(17)15(18)10-12/h5-6,10,13H,3-4,7-9,11H2,1-2H3/t13-/m0/s1. The van der Waals surface area contributed by atoms with Crippen LogP contribution in [0.25, 0.3) is 0 Å². The van der Waals surface area contributed by atoms with Crippen molar-refractivity contribution < 1.29 is 18.3 Å². The topological polar surface area (TPSA) is 32.8 Å². The number of benzene rings is 1. The van der Waals surface area contributed by atoms with Crippen molar-refractivity contribution in [3.8, 4) is 0 Å². The molecule has 0 radical (unpaired) electrons. The number of carbonyl (C=O) groups is 1. The lowest BCUT2D eigenvalue weighted by Crippen LogP contribution is -2.41. The normalized spacial score (nSPS) is 18.0. The summed E-state index contributed by atoms with van der Waals surface area (Å²) in [6.45, 7) is 2.41. The minimum absolute atomic E-state index is 0.0245. The number of hydrogen-bond acceptors (Lipinski definition) is 3. The van der Waals surface area contributed by atoms with Gasteiger partial charge in [0.2, 0.25) is 0 Å². The van der Waals surface area contributed by atoms with E-state index >= 15 is 0 Å². The Morgan fingerprint density at radius 2 is 2.05 bits per heavy atom. The minimum Gasteiger partial charge on any atom is -0.376 e. The van der Waals surface area contributed by atoms with Crippen LogP contribution in [0, 0.1) is 11.6 Å². The van der Waals surface area contributed by atoms with Gasteiger partial charge in [-0.15, -0.1) is 0 Å². The number of halogens is 2. The second-order valence-corrected chi connectivity index (χ2v) is 5.82. The molecule has 0 spiro atoms. The van der Waals surface area contributed by atoms with E-state index < -0.39 is 11.6 Å². The molecule has 1 fully saturated rings. The molecule has 1 atom stereocenters. The van der Waals surface area contributed by atoms with Crippen LogP contribution in [0.3, 0.4) is 0 Å². The average molecular weight is 312 g/mol. The number of nitrogens with zero attached hydrogens (tertiary/aromatic N) is 2. The first-order valence-electron chi connectivity index (χ1n) is 7.48. The summed E-state index contributed by atoms with van der Waals surface area (Å²) in [5.74, 6) is -2.25. The number of rotatable bonds is 6. The van der Waals surface area contributed by atoms with Crippen molar-refractivity contribution >= 4 is 5.91 Å². The lowest BCUT2D eigenvalue weighted by atomic mass is 10.1. The molecule has 0 N–H and O–H groups in total. The van der Waals surface area contributed by atoms with Gasteiger partial charge in [0.05, 0.1) is 6.10 Å². The Bertz CT molecular complexity index is 517. The molecule has 1 aliphatic heterocycles. The lowest BCUT2D eigenvalue weighted by Gasteiger charge is -2.27. The Morgan fingerprint density at radius 3 is 2.64 bits per heavy atom. The van der Waals surface area contributed by atoms with Gasteiger partial charge in [-0.05, 0) is 45.1 Å². The zero-order valence-electron chi connectivity index (χ0n) is 13.0. The highest BCUT2D eigenvalue weighted by Crippen LogP contribution is 2.16. The van der Waals surface area contributed by atoms with Crippen LogP contribution < -0.4 is 0 Å². The Morgan fingerprint density at radius 1 is 1.27 bits per heavy atom. The summed E-state index contributed by atoms with van der Waals surface area (Å²) in [6.07, 6.45) is 1.94. The van der Waals surface area contributed by atoms with Crippen LogP contribution in [0.1, 0.15) is 23.2 Å². The van der Waals surface area contributed by atoms with Crippen molar-refractivity contribution in [2.75, 3.05) is 40.3 Å². The first-order chi connectivity index (χ1) is 10.5. The number of amides is 1. The quantitative estimate of drug-likeness (QED) is 0.807. The molecule has 0 unspecified atom stereocenters. The number of likely N-dealkylation sites (N-methyl/N-ethyl adjacent to an activating group) is 1. The summed E-state index contributed by atoms with van der Waals surface area (Å²) in [6, 6.07) is 3.26. The zero-order valence-corrected chi connectivity index (χ0v) is 13.0. The van der Waals surface area contributed by atoms with Gasteiger partial charge in [0, 0.05) is 31.8 Å². The fourth-order valence-corrected chi connectivity index (χ4v) is 2.44. The summed E-state index contributed by atoms with van der Waals surface area (Å²) in [4.78, 5) is 16.2. The predicted octanol–water partition coefficient (Wildman–Crippen LogP) is 2.15. The highest BCUT2D eigenvalue weighted by molar-refractivity contribution is 5.94. The van der Waals surface area contributed by atoms with Gasteiger partial charge < -0.3 is 14.5 Å². The lowest BCUT2D eigenvalue weighted by molar-refractivity contribution is 0.0511. The average Bonchev–Trinajstić information content (AvgIpc) is 2.98. The summed E-state index contributed by atoms with van der Waals surface area (Å²) < 4.78 is 31.9. The van der Waals surface area contributed by atoms with Crippen LogP contribution in [0.5, 0.6) is 0 Å². The molecule has 1 heterocycles. The predicted molar refractivity (Wildman–Crippen MR) is 79.8 cm³/mol. The molecule has 0 aliphatic carbocycles. The first kappa shape index (κ1) is 16.8. The Kier molecular flexibility index (Phi) is 5.85. The number of hydrogen-bond donors (Lipinski definition) is 0. The fraction of sp³-hybridized carbons (Fsp3) is 0.562. The smallest absolute Gasteiger partial charge is 0.254 e. The maximum atomic E-state index is 13.3. The van der Waals surface area contributed by atoms with E-state index in [0.29, 0.717) is 26.2 Å². The molecule has 22 heavy (non-hydrogen) atoms. The molecule has 0 aromatic heterocycles. The summed E-state index contributed by atoms with van der Waals surface area (Å²) in [7, 11) is 3.85. The van der Waals surface area contributed by atoms with Gasteiger partial charge in [-0.2, -0.15) is 0 Å². The molecule has 6 heteroatoms. The molecule has 1 aliphatic rings. The molecule has 1 amide bonds. The van der Waals surface area contributed by atoms with Crippen molar-refractivity contribution in [3.63, 3.8) is 0 Å². The van der Waals surface area contributed by atoms with Crippen LogP contribution in [0.2, 0.25) is 0 Å². The van der Waals surface area contributed by atoms with E-state index in [9.17, 15) is 13.6 Å². The number of carbonyl (C=O) groups excluding carboxylic acids is 1. The van der Waals surface area contributed by atoms with E-state index in [0.717, 1.165) is 25.0 Å². The van der Waals surface area contributed by atoms with Gasteiger partial charge >= 0.3 is 0 Å². The number of ether oxygens (including phenoxy) is 1. The van der Waals surface area contributed by atoms with Gasteiger partial charge in [0.15, 0.2) is 11.6 Å². The van der Waals surface area contributed by atoms with Crippen LogP contribution in [-0.2, 0) is 4.74 Å². The van der Waals surface area contributed by atoms with E-state index in [1.165, 1.54) is 6.07 Å². The Hall–Kier alpha value is -1.53. The maximum Gasteiger partial charge on any atom is 0.254 e. The molecule has 1 aromatic rings. The summed E-state index contributed by atoms with van der Waals surface area (Å²) in [5, 5.41) is 0. The second kappa shape index (κ2) is 7.65. The molecule has 122 valence electrons. The van der Waals surface area contributed by atoms with Gasteiger partial charge in [-0.3, -0.25) is 4.79 Å². The second-order valence-electron chi connectivity index (χ2n) is 5.82. The van der Waals surface area contributed by atoms with Crippen molar-refractivity contribution in [2.45, 2.75) is 18.9 Å². The minimum atomic E-state index is -1.00. The van der Waals surface area contributed by atoms with E-state index in [4.69, 9.17) is 4.74 Å². The Labute approximate surface area is 129 Å². The SMILES string of the molecule is CN(C)CCN(C[C@@H]1CCCO1)C(=O)c1ccc(F)c(F)c1. The zero-order chi connectivity index (χ0) is 16.1. The maximum absolute atomic E-state index is 13.3. The van der Waals surface area contributed by atoms with Crippen LogP contribution >= 0.6 is 0 Å². The van der Waals surface area contributed by atoms with Gasteiger partial charge in [-0.25, -0.2) is 8.78 Å². The third kappa shape index (κ3) is 4.48. The van der Waals surface area contributed by atoms with Crippen LogP contribution in [0.15, 0.2) is 18.2 Å². The van der Waals surface area contributed by atoms with E-state index in [1.54, 1.807) is 4.90 Å². The van der Waals surface area contributed by atoms with Gasteiger partial charge in [0.1, 0.15) is 0 Å². The molecule has 0 bridgehead atoms. The van der Waals surface area contributed by atoms with Crippen LogP contribution in [0.4, 0.5) is 8.78 Å². The van der Waals surface area contributed by atoms with Crippen molar-refractivity contribution in [2.24, 2.45) is 0 Å². The largest absolute Gasteiger partial charge is 0.376 e. The van der Waals surface area contributed by atoms with Crippen LogP contribution in [-0.4, -0.2) is 62.1 Å². The highest BCUT2D eigenvalue weighted by Gasteiger charge is 2.24. The molecular weight excluding hydrogens is 290 g/mol.